The molecule has 90 valence electrons. The molecule has 0 aromatic rings. The average molecular weight is 216 g/mol. The average Bonchev–Trinajstić information content (AvgIpc) is 2.17. The number of carbonyl (C=O) groups excluding carboxylic acids is 1. The van der Waals surface area contributed by atoms with E-state index in [4.69, 9.17) is 9.84 Å². The van der Waals surface area contributed by atoms with Gasteiger partial charge in [-0.2, -0.15) is 0 Å². The van der Waals surface area contributed by atoms with Gasteiger partial charge in [0.05, 0.1) is 6.10 Å². The highest BCUT2D eigenvalue weighted by molar-refractivity contribution is 5.69. The predicted octanol–water partition coefficient (Wildman–Crippen LogP) is 2.66. The normalized spacial score (nSPS) is 14.7. The van der Waals surface area contributed by atoms with E-state index in [0.29, 0.717) is 6.42 Å². The van der Waals surface area contributed by atoms with Crippen LogP contribution in [-0.2, 0) is 9.53 Å². The summed E-state index contributed by atoms with van der Waals surface area (Å²) >= 11 is 0. The Morgan fingerprint density at radius 1 is 1.20 bits per heavy atom. The van der Waals surface area contributed by atoms with Crippen LogP contribution in [0.4, 0.5) is 0 Å². The van der Waals surface area contributed by atoms with Crippen molar-refractivity contribution in [1.82, 2.24) is 0 Å². The number of hydrogen-bond donors (Lipinski definition) is 1. The first-order valence-corrected chi connectivity index (χ1v) is 5.95. The molecule has 0 aromatic heterocycles. The quantitative estimate of drug-likeness (QED) is 0.501. The number of aliphatic hydroxyl groups excluding tert-OH is 1. The molecule has 0 amide bonds. The highest BCUT2D eigenvalue weighted by Crippen LogP contribution is 2.07. The molecular weight excluding hydrogens is 192 g/mol. The monoisotopic (exact) mass is 216 g/mol. The molecule has 0 aliphatic rings. The van der Waals surface area contributed by atoms with Crippen LogP contribution in [0.3, 0.4) is 0 Å². The van der Waals surface area contributed by atoms with Crippen molar-refractivity contribution in [3.63, 3.8) is 0 Å². The summed E-state index contributed by atoms with van der Waals surface area (Å²) in [5.74, 6) is -0.195. The molecule has 0 radical (unpaired) electrons. The summed E-state index contributed by atoms with van der Waals surface area (Å²) in [5, 5.41) is 9.13. The Kier molecular flexibility index (Phi) is 8.38. The number of hydrogen-bond acceptors (Lipinski definition) is 3. The summed E-state index contributed by atoms with van der Waals surface area (Å²) in [4.78, 5) is 11.3. The molecule has 3 heteroatoms. The Labute approximate surface area is 92.8 Å². The molecule has 0 aromatic carbocycles. The zero-order chi connectivity index (χ0) is 11.7. The van der Waals surface area contributed by atoms with E-state index in [1.807, 2.05) is 0 Å². The first-order chi connectivity index (χ1) is 7.07. The Bertz CT molecular complexity index is 166. The van der Waals surface area contributed by atoms with Gasteiger partial charge in [0.1, 0.15) is 6.10 Å². The molecule has 0 fully saturated rings. The van der Waals surface area contributed by atoms with Gasteiger partial charge in [0.25, 0.3) is 0 Å². The molecule has 0 spiro atoms. The third kappa shape index (κ3) is 8.43. The Balaban J connectivity index is 3.41. The maximum Gasteiger partial charge on any atom is 0.306 e. The van der Waals surface area contributed by atoms with Crippen LogP contribution >= 0.6 is 0 Å². The predicted molar refractivity (Wildman–Crippen MR) is 60.6 cm³/mol. The van der Waals surface area contributed by atoms with Crippen LogP contribution in [0.25, 0.3) is 0 Å². The van der Waals surface area contributed by atoms with E-state index in [1.54, 1.807) is 13.8 Å². The standard InChI is InChI=1S/C12H24O3/c1-4-5-6-7-8-9-12(14)15-11(3)10(2)13/h10-11,13H,4-9H2,1-3H3/t10-,11+/m0/s1. The van der Waals surface area contributed by atoms with E-state index in [1.165, 1.54) is 19.3 Å². The van der Waals surface area contributed by atoms with Crippen molar-refractivity contribution < 1.29 is 14.6 Å². The van der Waals surface area contributed by atoms with Gasteiger partial charge < -0.3 is 9.84 Å². The van der Waals surface area contributed by atoms with Gasteiger partial charge in [-0.3, -0.25) is 4.79 Å². The van der Waals surface area contributed by atoms with E-state index in [0.717, 1.165) is 12.8 Å². The van der Waals surface area contributed by atoms with Crippen molar-refractivity contribution in [3.8, 4) is 0 Å². The molecule has 0 rings (SSSR count). The molecule has 0 saturated carbocycles. The number of rotatable bonds is 8. The van der Waals surface area contributed by atoms with Crippen molar-refractivity contribution in [1.29, 1.82) is 0 Å². The molecule has 2 atom stereocenters. The van der Waals surface area contributed by atoms with E-state index in [2.05, 4.69) is 6.92 Å². The van der Waals surface area contributed by atoms with Crippen molar-refractivity contribution in [2.24, 2.45) is 0 Å². The third-order valence-corrected chi connectivity index (χ3v) is 2.48. The zero-order valence-corrected chi connectivity index (χ0v) is 10.2. The van der Waals surface area contributed by atoms with Gasteiger partial charge in [-0.15, -0.1) is 0 Å². The van der Waals surface area contributed by atoms with E-state index in [9.17, 15) is 4.79 Å². The molecule has 0 unspecified atom stereocenters. The fraction of sp³-hybridized carbons (Fsp3) is 0.917. The third-order valence-electron chi connectivity index (χ3n) is 2.48. The van der Waals surface area contributed by atoms with Gasteiger partial charge in [0, 0.05) is 6.42 Å². The first-order valence-electron chi connectivity index (χ1n) is 5.95. The summed E-state index contributed by atoms with van der Waals surface area (Å²) in [5.41, 5.74) is 0. The van der Waals surface area contributed by atoms with Crippen LogP contribution in [0.5, 0.6) is 0 Å². The molecule has 0 aliphatic heterocycles. The minimum atomic E-state index is -0.589. The summed E-state index contributed by atoms with van der Waals surface area (Å²) in [6, 6.07) is 0. The fourth-order valence-electron chi connectivity index (χ4n) is 1.24. The van der Waals surface area contributed by atoms with E-state index < -0.39 is 12.2 Å². The van der Waals surface area contributed by atoms with Crippen LogP contribution < -0.4 is 0 Å². The molecule has 0 saturated heterocycles. The van der Waals surface area contributed by atoms with Gasteiger partial charge in [-0.05, 0) is 20.3 Å². The lowest BCUT2D eigenvalue weighted by molar-refractivity contribution is -0.153. The zero-order valence-electron chi connectivity index (χ0n) is 10.2. The summed E-state index contributed by atoms with van der Waals surface area (Å²) in [6.07, 6.45) is 5.11. The van der Waals surface area contributed by atoms with Gasteiger partial charge >= 0.3 is 5.97 Å². The Hall–Kier alpha value is -0.570. The van der Waals surface area contributed by atoms with Crippen LogP contribution in [0.15, 0.2) is 0 Å². The minimum Gasteiger partial charge on any atom is -0.460 e. The highest BCUT2D eigenvalue weighted by Gasteiger charge is 2.13. The van der Waals surface area contributed by atoms with Crippen molar-refractivity contribution in [2.75, 3.05) is 0 Å². The second-order valence-corrected chi connectivity index (χ2v) is 4.10. The van der Waals surface area contributed by atoms with E-state index in [-0.39, 0.29) is 5.97 Å². The summed E-state index contributed by atoms with van der Waals surface area (Å²) in [6.45, 7) is 5.50. The smallest absolute Gasteiger partial charge is 0.306 e. The number of esters is 1. The molecule has 1 N–H and O–H groups in total. The molecule has 0 bridgehead atoms. The summed E-state index contributed by atoms with van der Waals surface area (Å²) in [7, 11) is 0. The van der Waals surface area contributed by atoms with Crippen molar-refractivity contribution in [2.45, 2.75) is 71.5 Å². The van der Waals surface area contributed by atoms with Crippen LogP contribution in [0, 0.1) is 0 Å². The number of aliphatic hydroxyl groups is 1. The molecule has 15 heavy (non-hydrogen) atoms. The van der Waals surface area contributed by atoms with Crippen LogP contribution in [0.2, 0.25) is 0 Å². The van der Waals surface area contributed by atoms with Crippen LogP contribution in [0.1, 0.15) is 59.3 Å². The second-order valence-electron chi connectivity index (χ2n) is 4.10. The highest BCUT2D eigenvalue weighted by atomic mass is 16.6. The van der Waals surface area contributed by atoms with Crippen molar-refractivity contribution in [3.05, 3.63) is 0 Å². The topological polar surface area (TPSA) is 46.5 Å². The second kappa shape index (κ2) is 8.72. The SMILES string of the molecule is CCCCCCCC(=O)O[C@H](C)[C@H](C)O. The van der Waals surface area contributed by atoms with Gasteiger partial charge in [0.2, 0.25) is 0 Å². The Morgan fingerprint density at radius 3 is 2.33 bits per heavy atom. The minimum absolute atomic E-state index is 0.195. The lowest BCUT2D eigenvalue weighted by Crippen LogP contribution is -2.25. The number of unbranched alkanes of at least 4 members (excludes halogenated alkanes) is 4. The Morgan fingerprint density at radius 2 is 1.80 bits per heavy atom. The maximum absolute atomic E-state index is 11.3. The number of carbonyl (C=O) groups is 1. The van der Waals surface area contributed by atoms with Crippen LogP contribution in [-0.4, -0.2) is 23.3 Å². The van der Waals surface area contributed by atoms with Crippen molar-refractivity contribution >= 4 is 5.97 Å². The molecule has 3 nitrogen and oxygen atoms in total. The van der Waals surface area contributed by atoms with Gasteiger partial charge in [-0.1, -0.05) is 32.6 Å². The van der Waals surface area contributed by atoms with E-state index >= 15 is 0 Å². The molecule has 0 aliphatic carbocycles. The molecular formula is C12H24O3. The lowest BCUT2D eigenvalue weighted by atomic mass is 10.1. The lowest BCUT2D eigenvalue weighted by Gasteiger charge is -2.15. The number of ether oxygens (including phenoxy) is 1. The van der Waals surface area contributed by atoms with Gasteiger partial charge in [-0.25, -0.2) is 0 Å². The first kappa shape index (κ1) is 14.4. The van der Waals surface area contributed by atoms with Gasteiger partial charge in [0.15, 0.2) is 0 Å². The summed E-state index contributed by atoms with van der Waals surface area (Å²) < 4.78 is 5.03. The fourth-order valence-corrected chi connectivity index (χ4v) is 1.24. The molecule has 0 heterocycles. The maximum atomic E-state index is 11.3. The largest absolute Gasteiger partial charge is 0.460 e.